The number of aromatic nitrogens is 1. The molecule has 5 nitrogen and oxygen atoms in total. The maximum Gasteiger partial charge on any atom is 0.310 e. The first-order valence-corrected chi connectivity index (χ1v) is 10.9. The predicted octanol–water partition coefficient (Wildman–Crippen LogP) is 6.10. The van der Waals surface area contributed by atoms with Crippen molar-refractivity contribution in [3.63, 3.8) is 0 Å². The number of esters is 1. The highest BCUT2D eigenvalue weighted by atomic mass is 19.1. The monoisotopic (exact) mass is 455 g/mol. The number of carbonyl (C=O) groups excluding carboxylic acids is 2. The van der Waals surface area contributed by atoms with Crippen LogP contribution in [0.5, 0.6) is 0 Å². The van der Waals surface area contributed by atoms with Gasteiger partial charge in [-0.1, -0.05) is 30.3 Å². The van der Waals surface area contributed by atoms with Crippen molar-refractivity contribution in [1.29, 1.82) is 0 Å². The number of hydrogen-bond donors (Lipinski definition) is 0. The van der Waals surface area contributed by atoms with E-state index in [0.717, 1.165) is 33.1 Å². The van der Waals surface area contributed by atoms with Gasteiger partial charge >= 0.3 is 5.97 Å². The molecule has 2 aromatic heterocycles. The fourth-order valence-corrected chi connectivity index (χ4v) is 4.47. The van der Waals surface area contributed by atoms with Crippen molar-refractivity contribution in [2.75, 3.05) is 6.61 Å². The molecule has 0 amide bonds. The molecule has 0 aliphatic rings. The second-order valence-electron chi connectivity index (χ2n) is 8.28. The van der Waals surface area contributed by atoms with Crippen LogP contribution < -0.4 is 0 Å². The zero-order valence-electron chi connectivity index (χ0n) is 18.8. The maximum absolute atomic E-state index is 13.3. The van der Waals surface area contributed by atoms with Gasteiger partial charge in [0.25, 0.3) is 0 Å². The van der Waals surface area contributed by atoms with Crippen LogP contribution in [0.4, 0.5) is 4.39 Å². The Morgan fingerprint density at radius 1 is 1.00 bits per heavy atom. The largest absolute Gasteiger partial charge is 0.464 e. The van der Waals surface area contributed by atoms with Crippen molar-refractivity contribution in [3.8, 4) is 5.69 Å². The molecule has 3 aromatic carbocycles. The lowest BCUT2D eigenvalue weighted by Gasteiger charge is -2.10. The molecule has 0 N–H and O–H groups in total. The van der Waals surface area contributed by atoms with E-state index in [1.165, 1.54) is 12.1 Å². The normalized spacial score (nSPS) is 11.3. The molecule has 2 heterocycles. The van der Waals surface area contributed by atoms with E-state index in [9.17, 15) is 14.0 Å². The van der Waals surface area contributed by atoms with Gasteiger partial charge in [0, 0.05) is 33.6 Å². The number of carbonyl (C=O) groups is 2. The Hall–Kier alpha value is -4.19. The molecule has 0 atom stereocenters. The summed E-state index contributed by atoms with van der Waals surface area (Å²) in [6.45, 7) is 3.32. The summed E-state index contributed by atoms with van der Waals surface area (Å²) in [5.74, 6) is -1.12. The molecule has 0 aliphatic heterocycles. The van der Waals surface area contributed by atoms with E-state index in [-0.39, 0.29) is 24.6 Å². The lowest BCUT2D eigenvalue weighted by molar-refractivity contribution is -0.141. The Bertz CT molecular complexity index is 1540. The van der Waals surface area contributed by atoms with Crippen LogP contribution in [0.3, 0.4) is 0 Å². The third-order valence-electron chi connectivity index (χ3n) is 6.06. The number of furan rings is 1. The Morgan fingerprint density at radius 2 is 1.76 bits per heavy atom. The van der Waals surface area contributed by atoms with Crippen molar-refractivity contribution in [2.45, 2.75) is 20.3 Å². The second-order valence-corrected chi connectivity index (χ2v) is 8.28. The smallest absolute Gasteiger partial charge is 0.310 e. The standard InChI is InChI=1S/C28H22FNO4/c1-17-13-24(18(2)30(17)22-10-8-21(29)9-11-22)25(31)16-34-27(32)14-20-15-33-26-12-7-19-5-3-4-6-23(19)28(20)26/h3-13,15H,14,16H2,1-2H3. The first-order chi connectivity index (χ1) is 16.4. The van der Waals surface area contributed by atoms with Gasteiger partial charge in [-0.05, 0) is 61.0 Å². The van der Waals surface area contributed by atoms with Crippen molar-refractivity contribution < 1.29 is 23.1 Å². The summed E-state index contributed by atoms with van der Waals surface area (Å²) in [7, 11) is 0. The van der Waals surface area contributed by atoms with E-state index in [0.29, 0.717) is 16.8 Å². The summed E-state index contributed by atoms with van der Waals surface area (Å²) in [4.78, 5) is 25.4. The molecule has 0 bridgehead atoms. The summed E-state index contributed by atoms with van der Waals surface area (Å²) >= 11 is 0. The number of rotatable bonds is 6. The van der Waals surface area contributed by atoms with Gasteiger partial charge in [-0.15, -0.1) is 0 Å². The highest BCUT2D eigenvalue weighted by Crippen LogP contribution is 2.30. The molecule has 0 saturated carbocycles. The molecule has 6 heteroatoms. The van der Waals surface area contributed by atoms with Crippen LogP contribution in [0.15, 0.2) is 77.4 Å². The number of ether oxygens (including phenoxy) is 1. The minimum Gasteiger partial charge on any atom is -0.464 e. The third-order valence-corrected chi connectivity index (χ3v) is 6.06. The van der Waals surface area contributed by atoms with Crippen LogP contribution in [-0.2, 0) is 16.0 Å². The number of aryl methyl sites for hydroxylation is 1. The molecule has 0 saturated heterocycles. The molecule has 0 unspecified atom stereocenters. The van der Waals surface area contributed by atoms with Crippen molar-refractivity contribution in [1.82, 2.24) is 4.57 Å². The Labute approximate surface area is 195 Å². The van der Waals surface area contributed by atoms with Gasteiger partial charge in [0.2, 0.25) is 5.78 Å². The fraction of sp³-hybridized carbons (Fsp3) is 0.143. The fourth-order valence-electron chi connectivity index (χ4n) is 4.47. The maximum atomic E-state index is 13.3. The van der Waals surface area contributed by atoms with Crippen LogP contribution in [-0.4, -0.2) is 22.9 Å². The Balaban J connectivity index is 1.31. The molecule has 5 aromatic rings. The predicted molar refractivity (Wildman–Crippen MR) is 128 cm³/mol. The number of fused-ring (bicyclic) bond motifs is 3. The van der Waals surface area contributed by atoms with Gasteiger partial charge in [-0.25, -0.2) is 4.39 Å². The van der Waals surface area contributed by atoms with Gasteiger partial charge in [-0.3, -0.25) is 9.59 Å². The van der Waals surface area contributed by atoms with Crippen LogP contribution in [0, 0.1) is 19.7 Å². The molecule has 0 fully saturated rings. The third kappa shape index (κ3) is 3.88. The highest BCUT2D eigenvalue weighted by molar-refractivity contribution is 6.08. The summed E-state index contributed by atoms with van der Waals surface area (Å²) < 4.78 is 26.1. The number of nitrogens with zero attached hydrogens (tertiary/aromatic N) is 1. The van der Waals surface area contributed by atoms with E-state index in [4.69, 9.17) is 9.15 Å². The number of hydrogen-bond acceptors (Lipinski definition) is 4. The van der Waals surface area contributed by atoms with Crippen molar-refractivity contribution in [2.24, 2.45) is 0 Å². The van der Waals surface area contributed by atoms with Crippen molar-refractivity contribution in [3.05, 3.63) is 101 Å². The SMILES string of the molecule is Cc1cc(C(=O)COC(=O)Cc2coc3ccc4ccccc4c23)c(C)n1-c1ccc(F)cc1. The van der Waals surface area contributed by atoms with E-state index in [1.54, 1.807) is 24.5 Å². The zero-order chi connectivity index (χ0) is 23.8. The number of halogens is 1. The van der Waals surface area contributed by atoms with Gasteiger partial charge in [-0.2, -0.15) is 0 Å². The van der Waals surface area contributed by atoms with E-state index >= 15 is 0 Å². The summed E-state index contributed by atoms with van der Waals surface area (Å²) in [5.41, 5.74) is 4.18. The average Bonchev–Trinajstić information content (AvgIpc) is 3.38. The van der Waals surface area contributed by atoms with Gasteiger partial charge in [0.05, 0.1) is 12.7 Å². The first kappa shape index (κ1) is 21.6. The topological polar surface area (TPSA) is 61.4 Å². The number of ketones is 1. The molecular weight excluding hydrogens is 433 g/mol. The minimum absolute atomic E-state index is 0.00287. The number of benzene rings is 3. The van der Waals surface area contributed by atoms with E-state index in [1.807, 2.05) is 54.8 Å². The van der Waals surface area contributed by atoms with Gasteiger partial charge < -0.3 is 13.7 Å². The summed E-state index contributed by atoms with van der Waals surface area (Å²) in [5, 5.41) is 2.93. The molecular formula is C28H22FNO4. The van der Waals surface area contributed by atoms with E-state index in [2.05, 4.69) is 0 Å². The summed E-state index contributed by atoms with van der Waals surface area (Å²) in [6, 6.07) is 19.6. The van der Waals surface area contributed by atoms with Gasteiger partial charge in [0.15, 0.2) is 6.61 Å². The van der Waals surface area contributed by atoms with Crippen LogP contribution >= 0.6 is 0 Å². The van der Waals surface area contributed by atoms with Crippen LogP contribution in [0.1, 0.15) is 27.3 Å². The second kappa shape index (κ2) is 8.63. The molecule has 34 heavy (non-hydrogen) atoms. The minimum atomic E-state index is -0.503. The molecule has 170 valence electrons. The lowest BCUT2D eigenvalue weighted by atomic mass is 10.0. The molecule has 5 rings (SSSR count). The lowest BCUT2D eigenvalue weighted by Crippen LogP contribution is -2.16. The van der Waals surface area contributed by atoms with Gasteiger partial charge in [0.1, 0.15) is 11.4 Å². The summed E-state index contributed by atoms with van der Waals surface area (Å²) in [6.07, 6.45) is 1.57. The molecule has 0 aliphatic carbocycles. The van der Waals surface area contributed by atoms with Crippen LogP contribution in [0.2, 0.25) is 0 Å². The van der Waals surface area contributed by atoms with Crippen molar-refractivity contribution >= 4 is 33.5 Å². The highest BCUT2D eigenvalue weighted by Gasteiger charge is 2.19. The Morgan fingerprint density at radius 3 is 2.56 bits per heavy atom. The quantitative estimate of drug-likeness (QED) is 0.229. The zero-order valence-corrected chi connectivity index (χ0v) is 18.8. The van der Waals surface area contributed by atoms with E-state index < -0.39 is 5.97 Å². The Kier molecular flexibility index (Phi) is 5.49. The molecule has 0 radical (unpaired) electrons. The van der Waals surface area contributed by atoms with Crippen LogP contribution in [0.25, 0.3) is 27.4 Å². The molecule has 0 spiro atoms. The number of Topliss-reactive ketones (excluding diaryl/α,β-unsaturated/α-hetero) is 1. The average molecular weight is 455 g/mol. The first-order valence-electron chi connectivity index (χ1n) is 10.9.